The maximum atomic E-state index is 12.8. The molecule has 0 spiro atoms. The number of unbranched alkanes of at least 4 members (excludes halogenated alkanes) is 1. The zero-order chi connectivity index (χ0) is 19.1. The molecule has 0 N–H and O–H groups in total. The lowest BCUT2D eigenvalue weighted by Crippen LogP contribution is -2.46. The molecule has 0 amide bonds. The molecule has 2 aromatic carbocycles. The minimum Gasteiger partial charge on any atom is -0.378 e. The fourth-order valence-corrected chi connectivity index (χ4v) is 3.83. The van der Waals surface area contributed by atoms with E-state index in [0.717, 1.165) is 37.4 Å². The minimum absolute atomic E-state index is 0.0943. The van der Waals surface area contributed by atoms with Gasteiger partial charge in [-0.1, -0.05) is 75.2 Å². The average molecular weight is 366 g/mol. The number of carbonyl (C=O) groups is 1. The lowest BCUT2D eigenvalue weighted by molar-refractivity contribution is -0.0130. The van der Waals surface area contributed by atoms with E-state index in [1.165, 1.54) is 24.8 Å². The van der Waals surface area contributed by atoms with E-state index in [1.807, 2.05) is 42.5 Å². The van der Waals surface area contributed by atoms with E-state index in [1.54, 1.807) is 0 Å². The van der Waals surface area contributed by atoms with Gasteiger partial charge < -0.3 is 4.74 Å². The van der Waals surface area contributed by atoms with Gasteiger partial charge in [-0.25, -0.2) is 0 Å². The third kappa shape index (κ3) is 5.27. The van der Waals surface area contributed by atoms with Crippen molar-refractivity contribution in [1.82, 2.24) is 4.90 Å². The van der Waals surface area contributed by atoms with E-state index in [9.17, 15) is 4.79 Å². The third-order valence-corrected chi connectivity index (χ3v) is 5.50. The fraction of sp³-hybridized carbons (Fsp3) is 0.458. The first-order chi connectivity index (χ1) is 13.2. The molecule has 0 radical (unpaired) electrons. The molecule has 0 saturated carbocycles. The standard InChI is InChI=1S/C24H31NO2/c1-3-4-13-23-18-27-15-14-25(23)17-19(2)21-11-8-12-22(16-21)24(26)20-9-6-5-7-10-20/h5-12,16,19,23H,3-4,13-15,17-18H2,1-2H3. The molecule has 27 heavy (non-hydrogen) atoms. The van der Waals surface area contributed by atoms with E-state index in [4.69, 9.17) is 4.74 Å². The normalized spacial score (nSPS) is 19.0. The van der Waals surface area contributed by atoms with Crippen molar-refractivity contribution in [2.45, 2.75) is 45.1 Å². The Kier molecular flexibility index (Phi) is 7.19. The van der Waals surface area contributed by atoms with Crippen LogP contribution in [0.25, 0.3) is 0 Å². The first-order valence-electron chi connectivity index (χ1n) is 10.2. The van der Waals surface area contributed by atoms with E-state index in [0.29, 0.717) is 12.0 Å². The Morgan fingerprint density at radius 1 is 1.15 bits per heavy atom. The molecule has 3 nitrogen and oxygen atoms in total. The molecule has 2 atom stereocenters. The molecule has 3 heteroatoms. The summed E-state index contributed by atoms with van der Waals surface area (Å²) in [5, 5.41) is 0. The average Bonchev–Trinajstić information content (AvgIpc) is 2.73. The van der Waals surface area contributed by atoms with Crippen LogP contribution in [-0.2, 0) is 4.74 Å². The summed E-state index contributed by atoms with van der Waals surface area (Å²) < 4.78 is 5.71. The van der Waals surface area contributed by atoms with Gasteiger partial charge in [0.05, 0.1) is 13.2 Å². The maximum absolute atomic E-state index is 12.8. The lowest BCUT2D eigenvalue weighted by Gasteiger charge is -2.37. The molecule has 144 valence electrons. The molecule has 0 aromatic heterocycles. The van der Waals surface area contributed by atoms with Crippen LogP contribution in [0.5, 0.6) is 0 Å². The number of hydrogen-bond donors (Lipinski definition) is 0. The van der Waals surface area contributed by atoms with Gasteiger partial charge in [-0.2, -0.15) is 0 Å². The van der Waals surface area contributed by atoms with Gasteiger partial charge in [0.15, 0.2) is 5.78 Å². The van der Waals surface area contributed by atoms with Crippen molar-refractivity contribution in [3.63, 3.8) is 0 Å². The van der Waals surface area contributed by atoms with Gasteiger partial charge in [0.1, 0.15) is 0 Å². The molecule has 1 fully saturated rings. The minimum atomic E-state index is 0.0943. The summed E-state index contributed by atoms with van der Waals surface area (Å²) in [7, 11) is 0. The number of hydrogen-bond acceptors (Lipinski definition) is 3. The second-order valence-corrected chi connectivity index (χ2v) is 7.59. The van der Waals surface area contributed by atoms with Crippen LogP contribution in [0.4, 0.5) is 0 Å². The summed E-state index contributed by atoms with van der Waals surface area (Å²) in [6.07, 6.45) is 3.68. The van der Waals surface area contributed by atoms with Crippen LogP contribution in [0.15, 0.2) is 54.6 Å². The Labute approximate surface area is 163 Å². The van der Waals surface area contributed by atoms with Gasteiger partial charge in [-0.05, 0) is 24.0 Å². The SMILES string of the molecule is CCCCC1COCCN1CC(C)c1cccc(C(=O)c2ccccc2)c1. The first-order valence-corrected chi connectivity index (χ1v) is 10.2. The second kappa shape index (κ2) is 9.82. The number of nitrogens with zero attached hydrogens (tertiary/aromatic N) is 1. The molecule has 0 aliphatic carbocycles. The maximum Gasteiger partial charge on any atom is 0.193 e. The predicted molar refractivity (Wildman–Crippen MR) is 110 cm³/mol. The summed E-state index contributed by atoms with van der Waals surface area (Å²) in [5.74, 6) is 0.479. The van der Waals surface area contributed by atoms with Crippen molar-refractivity contribution in [2.24, 2.45) is 0 Å². The van der Waals surface area contributed by atoms with E-state index >= 15 is 0 Å². The largest absolute Gasteiger partial charge is 0.378 e. The molecule has 1 heterocycles. The van der Waals surface area contributed by atoms with Crippen LogP contribution < -0.4 is 0 Å². The van der Waals surface area contributed by atoms with Crippen LogP contribution in [0.2, 0.25) is 0 Å². The highest BCUT2D eigenvalue weighted by Gasteiger charge is 2.24. The van der Waals surface area contributed by atoms with Crippen molar-refractivity contribution >= 4 is 5.78 Å². The van der Waals surface area contributed by atoms with Crippen molar-refractivity contribution in [2.75, 3.05) is 26.3 Å². The van der Waals surface area contributed by atoms with Crippen molar-refractivity contribution < 1.29 is 9.53 Å². The number of morpholine rings is 1. The highest BCUT2D eigenvalue weighted by Crippen LogP contribution is 2.23. The molecular formula is C24H31NO2. The summed E-state index contributed by atoms with van der Waals surface area (Å²) in [5.41, 5.74) is 2.75. The monoisotopic (exact) mass is 365 g/mol. The Balaban J connectivity index is 1.69. The molecule has 2 unspecified atom stereocenters. The first kappa shape index (κ1) is 19.8. The van der Waals surface area contributed by atoms with E-state index in [-0.39, 0.29) is 5.78 Å². The smallest absolute Gasteiger partial charge is 0.193 e. The van der Waals surface area contributed by atoms with Gasteiger partial charge in [0.2, 0.25) is 0 Å². The summed E-state index contributed by atoms with van der Waals surface area (Å²) in [6.45, 7) is 8.19. The second-order valence-electron chi connectivity index (χ2n) is 7.59. The van der Waals surface area contributed by atoms with Gasteiger partial charge in [0, 0.05) is 30.3 Å². The van der Waals surface area contributed by atoms with Crippen molar-refractivity contribution in [1.29, 1.82) is 0 Å². The molecule has 2 aromatic rings. The third-order valence-electron chi connectivity index (χ3n) is 5.50. The van der Waals surface area contributed by atoms with Crippen LogP contribution in [-0.4, -0.2) is 43.0 Å². The summed E-state index contributed by atoms with van der Waals surface area (Å²) in [4.78, 5) is 15.3. The highest BCUT2D eigenvalue weighted by molar-refractivity contribution is 6.09. The lowest BCUT2D eigenvalue weighted by atomic mass is 9.94. The molecule has 1 aliphatic heterocycles. The van der Waals surface area contributed by atoms with Crippen molar-refractivity contribution in [3.8, 4) is 0 Å². The van der Waals surface area contributed by atoms with Gasteiger partial charge >= 0.3 is 0 Å². The Hall–Kier alpha value is -1.97. The van der Waals surface area contributed by atoms with Crippen molar-refractivity contribution in [3.05, 3.63) is 71.3 Å². The molecule has 1 saturated heterocycles. The number of carbonyl (C=O) groups excluding carboxylic acids is 1. The molecular weight excluding hydrogens is 334 g/mol. The summed E-state index contributed by atoms with van der Waals surface area (Å²) in [6, 6.07) is 18.2. The number of ketones is 1. The zero-order valence-corrected chi connectivity index (χ0v) is 16.6. The van der Waals surface area contributed by atoms with Crippen LogP contribution >= 0.6 is 0 Å². The quantitative estimate of drug-likeness (QED) is 0.622. The summed E-state index contributed by atoms with van der Waals surface area (Å²) >= 11 is 0. The number of benzene rings is 2. The van der Waals surface area contributed by atoms with Crippen LogP contribution in [0, 0.1) is 0 Å². The predicted octanol–water partition coefficient (Wildman–Crippen LogP) is 4.91. The molecule has 3 rings (SSSR count). The highest BCUT2D eigenvalue weighted by atomic mass is 16.5. The Bertz CT molecular complexity index is 728. The van der Waals surface area contributed by atoms with Gasteiger partial charge in [-0.3, -0.25) is 9.69 Å². The number of ether oxygens (including phenoxy) is 1. The van der Waals surface area contributed by atoms with E-state index in [2.05, 4.69) is 30.9 Å². The van der Waals surface area contributed by atoms with Gasteiger partial charge in [0.25, 0.3) is 0 Å². The molecule has 1 aliphatic rings. The number of rotatable bonds is 8. The van der Waals surface area contributed by atoms with Gasteiger partial charge in [-0.15, -0.1) is 0 Å². The Morgan fingerprint density at radius 3 is 2.70 bits per heavy atom. The topological polar surface area (TPSA) is 29.5 Å². The Morgan fingerprint density at radius 2 is 1.93 bits per heavy atom. The van der Waals surface area contributed by atoms with Crippen LogP contribution in [0.1, 0.15) is 60.5 Å². The molecule has 0 bridgehead atoms. The van der Waals surface area contributed by atoms with E-state index < -0.39 is 0 Å². The zero-order valence-electron chi connectivity index (χ0n) is 16.6. The fourth-order valence-electron chi connectivity index (χ4n) is 3.83. The van der Waals surface area contributed by atoms with Crippen LogP contribution in [0.3, 0.4) is 0 Å².